The molecular formula is C6H7MgO8P. The van der Waals surface area contributed by atoms with E-state index >= 15 is 0 Å². The fraction of sp³-hybridized carbons (Fsp3) is 0.500. The maximum Gasteiger partial charge on any atom is 2.00 e. The number of aliphatic hydroxyl groups excluding tert-OH is 2. The van der Waals surface area contributed by atoms with Crippen molar-refractivity contribution in [2.45, 2.75) is 12.2 Å². The van der Waals surface area contributed by atoms with E-state index in [2.05, 4.69) is 9.26 Å². The van der Waals surface area contributed by atoms with E-state index in [0.29, 0.717) is 0 Å². The largest absolute Gasteiger partial charge is 2.00 e. The number of aliphatic hydroxyl groups is 2. The van der Waals surface area contributed by atoms with Gasteiger partial charge in [0.1, 0.15) is 13.9 Å². The van der Waals surface area contributed by atoms with Gasteiger partial charge >= 0.3 is 29.0 Å². The molecule has 0 fully saturated rings. The summed E-state index contributed by atoms with van der Waals surface area (Å²) < 4.78 is 18.3. The second-order valence-electron chi connectivity index (χ2n) is 2.69. The quantitative estimate of drug-likeness (QED) is 0.304. The summed E-state index contributed by atoms with van der Waals surface area (Å²) in [5.74, 6) is -1.99. The summed E-state index contributed by atoms with van der Waals surface area (Å²) in [4.78, 5) is 31.2. The molecule has 8 nitrogen and oxygen atoms in total. The van der Waals surface area contributed by atoms with Crippen LogP contribution < -0.4 is 9.79 Å². The standard InChI is InChI=1S/C6H9O8P.Mg/c7-2-3(8)4-1-5(6(9)13-4)14-15(10,11)12;/h1,3-4,7-8H,2H2,(H2,10,11,12);/q;+2/p-2/t3-,4-;/m0./s1. The van der Waals surface area contributed by atoms with Crippen LogP contribution in [-0.2, 0) is 18.6 Å². The molecule has 0 aromatic rings. The molecule has 0 aromatic heterocycles. The van der Waals surface area contributed by atoms with Crippen LogP contribution in [0, 0.1) is 0 Å². The van der Waals surface area contributed by atoms with Crippen molar-refractivity contribution in [1.82, 2.24) is 0 Å². The molecule has 0 bridgehead atoms. The SMILES string of the molecule is O=C1O[C@H]([C@@H](O)CO)C=C1OP(=O)([O-])[O-].[Mg+2]. The van der Waals surface area contributed by atoms with E-state index in [-0.39, 0.29) is 23.1 Å². The first-order chi connectivity index (χ1) is 6.83. The summed E-state index contributed by atoms with van der Waals surface area (Å²) in [5, 5.41) is 17.5. The molecule has 10 heteroatoms. The average molecular weight is 262 g/mol. The van der Waals surface area contributed by atoms with E-state index in [1.165, 1.54) is 0 Å². The van der Waals surface area contributed by atoms with Crippen LogP contribution in [0.4, 0.5) is 0 Å². The van der Waals surface area contributed by atoms with Crippen molar-refractivity contribution in [3.8, 4) is 0 Å². The van der Waals surface area contributed by atoms with Crippen molar-refractivity contribution in [2.75, 3.05) is 6.61 Å². The topological polar surface area (TPSA) is 139 Å². The van der Waals surface area contributed by atoms with Crippen molar-refractivity contribution in [1.29, 1.82) is 0 Å². The van der Waals surface area contributed by atoms with Gasteiger partial charge in [0.25, 0.3) is 0 Å². The summed E-state index contributed by atoms with van der Waals surface area (Å²) in [6.07, 6.45) is -1.80. The zero-order valence-corrected chi connectivity index (χ0v) is 10.2. The molecule has 0 saturated heterocycles. The summed E-state index contributed by atoms with van der Waals surface area (Å²) in [6, 6.07) is 0. The van der Waals surface area contributed by atoms with Crippen molar-refractivity contribution >= 4 is 36.8 Å². The first kappa shape index (κ1) is 15.8. The molecule has 0 aromatic carbocycles. The van der Waals surface area contributed by atoms with Crippen LogP contribution in [0.15, 0.2) is 11.8 Å². The molecule has 0 saturated carbocycles. The molecule has 1 rings (SSSR count). The normalized spacial score (nSPS) is 21.9. The second-order valence-corrected chi connectivity index (χ2v) is 3.77. The van der Waals surface area contributed by atoms with Gasteiger partial charge in [-0.2, -0.15) is 0 Å². The van der Waals surface area contributed by atoms with E-state index in [1.807, 2.05) is 0 Å². The zero-order chi connectivity index (χ0) is 11.6. The van der Waals surface area contributed by atoms with E-state index in [9.17, 15) is 19.1 Å². The maximum atomic E-state index is 10.9. The third kappa shape index (κ3) is 4.38. The molecule has 0 unspecified atom stereocenters. The molecular weight excluding hydrogens is 255 g/mol. The number of carbonyl (C=O) groups excluding carboxylic acids is 1. The number of ether oxygens (including phenoxy) is 1. The number of phosphoric acid groups is 1. The molecule has 0 radical (unpaired) electrons. The summed E-state index contributed by atoms with van der Waals surface area (Å²) >= 11 is 0. The number of carbonyl (C=O) groups is 1. The van der Waals surface area contributed by atoms with Crippen LogP contribution in [0.3, 0.4) is 0 Å². The molecule has 2 N–H and O–H groups in total. The van der Waals surface area contributed by atoms with Crippen LogP contribution in [0.5, 0.6) is 0 Å². The van der Waals surface area contributed by atoms with Gasteiger partial charge in [0.05, 0.1) is 6.61 Å². The Kier molecular flexibility index (Phi) is 5.91. The Morgan fingerprint density at radius 3 is 2.62 bits per heavy atom. The molecule has 2 atom stereocenters. The molecule has 1 heterocycles. The number of hydrogen-bond donors (Lipinski definition) is 2. The van der Waals surface area contributed by atoms with Gasteiger partial charge in [0.2, 0.25) is 5.76 Å². The van der Waals surface area contributed by atoms with Crippen LogP contribution >= 0.6 is 7.82 Å². The molecule has 1 aliphatic rings. The van der Waals surface area contributed by atoms with E-state index < -0.39 is 38.4 Å². The molecule has 1 aliphatic heterocycles. The third-order valence-corrected chi connectivity index (χ3v) is 1.96. The van der Waals surface area contributed by atoms with Gasteiger partial charge in [-0.05, 0) is 0 Å². The Morgan fingerprint density at radius 2 is 2.19 bits per heavy atom. The van der Waals surface area contributed by atoms with Crippen LogP contribution in [0.1, 0.15) is 0 Å². The van der Waals surface area contributed by atoms with Crippen LogP contribution in [0.25, 0.3) is 0 Å². The number of cyclic esters (lactones) is 1. The average Bonchev–Trinajstić information content (AvgIpc) is 2.44. The van der Waals surface area contributed by atoms with Gasteiger partial charge in [-0.15, -0.1) is 0 Å². The minimum atomic E-state index is -5.33. The predicted molar refractivity (Wildman–Crippen MR) is 45.5 cm³/mol. The van der Waals surface area contributed by atoms with Gasteiger partial charge in [-0.3, -0.25) is 0 Å². The zero-order valence-electron chi connectivity index (χ0n) is 7.94. The number of rotatable bonds is 4. The van der Waals surface area contributed by atoms with Crippen molar-refractivity contribution in [3.05, 3.63) is 11.8 Å². The van der Waals surface area contributed by atoms with Gasteiger partial charge in [-0.1, -0.05) is 0 Å². The van der Waals surface area contributed by atoms with Crippen molar-refractivity contribution in [2.24, 2.45) is 0 Å². The monoisotopic (exact) mass is 262 g/mol. The predicted octanol–water partition coefficient (Wildman–Crippen LogP) is -3.39. The summed E-state index contributed by atoms with van der Waals surface area (Å²) in [7, 11) is -5.33. The fourth-order valence-corrected chi connectivity index (χ4v) is 1.29. The molecule has 0 aliphatic carbocycles. The van der Waals surface area contributed by atoms with Gasteiger partial charge in [0, 0.05) is 6.08 Å². The van der Waals surface area contributed by atoms with Gasteiger partial charge in [-0.25, -0.2) is 4.79 Å². The number of hydrogen-bond acceptors (Lipinski definition) is 8. The minimum Gasteiger partial charge on any atom is -0.780 e. The van der Waals surface area contributed by atoms with Crippen molar-refractivity contribution in [3.63, 3.8) is 0 Å². The molecule has 0 amide bonds. The first-order valence-corrected chi connectivity index (χ1v) is 5.23. The maximum absolute atomic E-state index is 10.9. The Morgan fingerprint density at radius 1 is 1.62 bits per heavy atom. The third-order valence-electron chi connectivity index (χ3n) is 1.54. The molecule has 0 spiro atoms. The Hall–Kier alpha value is -0.154. The number of esters is 1. The fourth-order valence-electron chi connectivity index (χ4n) is 0.915. The minimum absolute atomic E-state index is 0. The molecule has 86 valence electrons. The second kappa shape index (κ2) is 5.96. The summed E-state index contributed by atoms with van der Waals surface area (Å²) in [6.45, 7) is -0.686. The smallest absolute Gasteiger partial charge is 0.780 e. The summed E-state index contributed by atoms with van der Waals surface area (Å²) in [5.41, 5.74) is 0. The van der Waals surface area contributed by atoms with Crippen LogP contribution in [-0.4, -0.2) is 58.0 Å². The van der Waals surface area contributed by atoms with Crippen LogP contribution in [0.2, 0.25) is 0 Å². The van der Waals surface area contributed by atoms with Gasteiger partial charge in [0.15, 0.2) is 6.10 Å². The van der Waals surface area contributed by atoms with Gasteiger partial charge < -0.3 is 33.8 Å². The number of phosphoric ester groups is 1. The Labute approximate surface area is 106 Å². The first-order valence-electron chi connectivity index (χ1n) is 3.77. The van der Waals surface area contributed by atoms with Crippen molar-refractivity contribution < 1.29 is 38.6 Å². The van der Waals surface area contributed by atoms with E-state index in [0.717, 1.165) is 6.08 Å². The Balaban J connectivity index is 0.00000225. The van der Waals surface area contributed by atoms with E-state index in [4.69, 9.17) is 10.2 Å². The van der Waals surface area contributed by atoms with E-state index in [1.54, 1.807) is 0 Å². The molecule has 16 heavy (non-hydrogen) atoms. The Bertz CT molecular complexity index is 335.